The van der Waals surface area contributed by atoms with Crippen LogP contribution >= 0.6 is 11.3 Å². The number of rotatable bonds is 8. The molecule has 0 aliphatic heterocycles. The number of carbonyl (C=O) groups excluding carboxylic acids is 2. The highest BCUT2D eigenvalue weighted by molar-refractivity contribution is 7.17. The number of primary amides is 1. The van der Waals surface area contributed by atoms with Crippen LogP contribution in [-0.4, -0.2) is 23.3 Å². The van der Waals surface area contributed by atoms with Crippen LogP contribution in [0.2, 0.25) is 0 Å². The Balaban J connectivity index is 1.55. The largest absolute Gasteiger partial charge is 0.487 e. The molecule has 0 radical (unpaired) electrons. The molecule has 9 heteroatoms. The Kier molecular flexibility index (Phi) is 6.25. The van der Waals surface area contributed by atoms with Crippen LogP contribution in [0.3, 0.4) is 0 Å². The van der Waals surface area contributed by atoms with E-state index >= 15 is 0 Å². The molecule has 0 unspecified atom stereocenters. The van der Waals surface area contributed by atoms with Gasteiger partial charge >= 0.3 is 5.69 Å². The van der Waals surface area contributed by atoms with Crippen LogP contribution in [-0.2, 0) is 17.6 Å². The van der Waals surface area contributed by atoms with Crippen LogP contribution in [0.1, 0.15) is 46.5 Å². The van der Waals surface area contributed by atoms with Gasteiger partial charge in [-0.25, -0.2) is 0 Å². The fraction of sp³-hybridized carbons (Fsp3) is 0.368. The lowest BCUT2D eigenvalue weighted by atomic mass is 9.95. The summed E-state index contributed by atoms with van der Waals surface area (Å²) >= 11 is 1.42. The smallest absolute Gasteiger partial charge is 0.310 e. The molecule has 0 saturated carbocycles. The van der Waals surface area contributed by atoms with Crippen molar-refractivity contribution in [2.75, 3.05) is 11.9 Å². The molecule has 0 atom stereocenters. The molecule has 2 aromatic rings. The summed E-state index contributed by atoms with van der Waals surface area (Å²) in [5.41, 5.74) is 6.82. The standard InChI is InChI=1S/C19H21N3O5S/c20-18(24)17-12-6-1-4-9-15(12)28-19(17)21-16(23)10-5-11-27-14-8-3-2-7-13(14)22(25)26/h2-3,7-8H,1,4-6,9-11H2,(H2,20,24)(H,21,23). The predicted molar refractivity (Wildman–Crippen MR) is 106 cm³/mol. The zero-order chi connectivity index (χ0) is 20.1. The second-order valence-corrected chi connectivity index (χ2v) is 7.61. The molecule has 8 nitrogen and oxygen atoms in total. The van der Waals surface area contributed by atoms with Gasteiger partial charge in [-0.2, -0.15) is 0 Å². The van der Waals surface area contributed by atoms with Crippen molar-refractivity contribution in [3.63, 3.8) is 0 Å². The number of hydrogen-bond donors (Lipinski definition) is 2. The highest BCUT2D eigenvalue weighted by Gasteiger charge is 2.24. The highest BCUT2D eigenvalue weighted by atomic mass is 32.1. The molecular weight excluding hydrogens is 382 g/mol. The van der Waals surface area contributed by atoms with Gasteiger partial charge in [0.25, 0.3) is 5.91 Å². The van der Waals surface area contributed by atoms with E-state index < -0.39 is 10.8 Å². The van der Waals surface area contributed by atoms with Gasteiger partial charge in [0.2, 0.25) is 5.91 Å². The van der Waals surface area contributed by atoms with E-state index in [1.807, 2.05) is 0 Å². The number of para-hydroxylation sites is 2. The number of hydrogen-bond acceptors (Lipinski definition) is 6. The minimum Gasteiger partial charge on any atom is -0.487 e. The normalized spacial score (nSPS) is 12.9. The average molecular weight is 403 g/mol. The van der Waals surface area contributed by atoms with E-state index in [0.717, 1.165) is 36.1 Å². The summed E-state index contributed by atoms with van der Waals surface area (Å²) in [5, 5.41) is 14.3. The number of nitrogens with one attached hydrogen (secondary N) is 1. The van der Waals surface area contributed by atoms with Gasteiger partial charge in [0, 0.05) is 17.4 Å². The Bertz CT molecular complexity index is 909. The third-order valence-corrected chi connectivity index (χ3v) is 5.75. The van der Waals surface area contributed by atoms with Gasteiger partial charge in [-0.05, 0) is 43.7 Å². The molecule has 1 aromatic heterocycles. The maximum absolute atomic E-state index is 12.3. The predicted octanol–water partition coefficient (Wildman–Crippen LogP) is 3.43. The van der Waals surface area contributed by atoms with E-state index in [1.54, 1.807) is 12.1 Å². The molecule has 1 aliphatic carbocycles. The Morgan fingerprint density at radius 1 is 1.25 bits per heavy atom. The minimum atomic E-state index is -0.519. The van der Waals surface area contributed by atoms with E-state index in [4.69, 9.17) is 10.5 Å². The summed E-state index contributed by atoms with van der Waals surface area (Å²) in [6.45, 7) is 0.169. The Labute approximate surface area is 165 Å². The molecular formula is C19H21N3O5S. The van der Waals surface area contributed by atoms with Crippen LogP contribution in [0.15, 0.2) is 24.3 Å². The number of ether oxygens (including phenoxy) is 1. The van der Waals surface area contributed by atoms with Crippen LogP contribution in [0, 0.1) is 10.1 Å². The third kappa shape index (κ3) is 4.48. The van der Waals surface area contributed by atoms with Crippen LogP contribution in [0.4, 0.5) is 10.7 Å². The quantitative estimate of drug-likeness (QED) is 0.397. The topological polar surface area (TPSA) is 125 Å². The first-order valence-electron chi connectivity index (χ1n) is 9.07. The van der Waals surface area contributed by atoms with Crippen molar-refractivity contribution < 1.29 is 19.2 Å². The van der Waals surface area contributed by atoms with Crippen molar-refractivity contribution in [1.29, 1.82) is 0 Å². The number of benzene rings is 1. The second-order valence-electron chi connectivity index (χ2n) is 6.50. The molecule has 3 N–H and O–H groups in total. The van der Waals surface area contributed by atoms with Crippen molar-refractivity contribution in [3.8, 4) is 5.75 Å². The van der Waals surface area contributed by atoms with Crippen LogP contribution in [0.5, 0.6) is 5.75 Å². The number of carbonyl (C=O) groups is 2. The Morgan fingerprint density at radius 3 is 2.75 bits per heavy atom. The van der Waals surface area contributed by atoms with Crippen LogP contribution < -0.4 is 15.8 Å². The molecule has 148 valence electrons. The number of amides is 2. The van der Waals surface area contributed by atoms with Crippen molar-refractivity contribution in [3.05, 3.63) is 50.4 Å². The van der Waals surface area contributed by atoms with E-state index in [9.17, 15) is 19.7 Å². The third-order valence-electron chi connectivity index (χ3n) is 4.54. The number of thiophene rings is 1. The first kappa shape index (κ1) is 19.8. The van der Waals surface area contributed by atoms with E-state index in [1.165, 1.54) is 23.5 Å². The maximum Gasteiger partial charge on any atom is 0.310 e. The van der Waals surface area contributed by atoms with Gasteiger partial charge in [0.1, 0.15) is 5.00 Å². The Morgan fingerprint density at radius 2 is 2.00 bits per heavy atom. The number of aryl methyl sites for hydroxylation is 1. The highest BCUT2D eigenvalue weighted by Crippen LogP contribution is 2.38. The first-order valence-corrected chi connectivity index (χ1v) is 9.89. The van der Waals surface area contributed by atoms with E-state index in [-0.39, 0.29) is 30.4 Å². The number of anilines is 1. The van der Waals surface area contributed by atoms with Crippen molar-refractivity contribution >= 4 is 33.8 Å². The zero-order valence-electron chi connectivity index (χ0n) is 15.2. The molecule has 2 amide bonds. The SMILES string of the molecule is NC(=O)c1c(NC(=O)CCCOc2ccccc2[N+](=O)[O-])sc2c1CCCC2. The molecule has 3 rings (SSSR count). The van der Waals surface area contributed by atoms with Gasteiger partial charge in [-0.3, -0.25) is 19.7 Å². The lowest BCUT2D eigenvalue weighted by Gasteiger charge is -2.11. The first-order chi connectivity index (χ1) is 13.5. The van der Waals surface area contributed by atoms with Crippen LogP contribution in [0.25, 0.3) is 0 Å². The average Bonchev–Trinajstić information content (AvgIpc) is 3.03. The Hall–Kier alpha value is -2.94. The zero-order valence-corrected chi connectivity index (χ0v) is 16.0. The number of nitrogens with two attached hydrogens (primary N) is 1. The molecule has 1 heterocycles. The van der Waals surface area contributed by atoms with Crippen molar-refractivity contribution in [1.82, 2.24) is 0 Å². The summed E-state index contributed by atoms with van der Waals surface area (Å²) in [7, 11) is 0. The van der Waals surface area contributed by atoms with Crippen molar-refractivity contribution in [2.24, 2.45) is 5.73 Å². The molecule has 1 aliphatic rings. The summed E-state index contributed by atoms with van der Waals surface area (Å²) in [6.07, 6.45) is 4.35. The van der Waals surface area contributed by atoms with Gasteiger partial charge in [-0.15, -0.1) is 11.3 Å². The molecule has 0 spiro atoms. The fourth-order valence-electron chi connectivity index (χ4n) is 3.25. The number of nitro benzene ring substituents is 1. The van der Waals surface area contributed by atoms with Gasteiger partial charge in [0.15, 0.2) is 5.75 Å². The summed E-state index contributed by atoms with van der Waals surface area (Å²) < 4.78 is 5.43. The number of nitrogens with zero attached hydrogens (tertiary/aromatic N) is 1. The van der Waals surface area contributed by atoms with Gasteiger partial charge < -0.3 is 15.8 Å². The monoisotopic (exact) mass is 403 g/mol. The maximum atomic E-state index is 12.3. The lowest BCUT2D eigenvalue weighted by Crippen LogP contribution is -2.18. The fourth-order valence-corrected chi connectivity index (χ4v) is 4.56. The number of nitro groups is 1. The van der Waals surface area contributed by atoms with Gasteiger partial charge in [-0.1, -0.05) is 12.1 Å². The lowest BCUT2D eigenvalue weighted by molar-refractivity contribution is -0.385. The van der Waals surface area contributed by atoms with Gasteiger partial charge in [0.05, 0.1) is 17.1 Å². The summed E-state index contributed by atoms with van der Waals surface area (Å²) in [4.78, 5) is 35.7. The molecule has 1 aromatic carbocycles. The summed E-state index contributed by atoms with van der Waals surface area (Å²) in [6, 6.07) is 6.10. The molecule has 28 heavy (non-hydrogen) atoms. The minimum absolute atomic E-state index is 0.109. The molecule has 0 saturated heterocycles. The van der Waals surface area contributed by atoms with E-state index in [0.29, 0.717) is 17.0 Å². The van der Waals surface area contributed by atoms with E-state index in [2.05, 4.69) is 5.32 Å². The van der Waals surface area contributed by atoms with Crippen molar-refractivity contribution in [2.45, 2.75) is 38.5 Å². The number of fused-ring (bicyclic) bond motifs is 1. The molecule has 0 fully saturated rings. The second kappa shape index (κ2) is 8.83. The summed E-state index contributed by atoms with van der Waals surface area (Å²) in [5.74, 6) is -0.587. The molecule has 0 bridgehead atoms.